The molecule has 266 valence electrons. The van der Waals surface area contributed by atoms with Gasteiger partial charge in [0.25, 0.3) is 11.8 Å². The summed E-state index contributed by atoms with van der Waals surface area (Å²) < 4.78 is 17.9. The van der Waals surface area contributed by atoms with Gasteiger partial charge in [0.05, 0.1) is 34.0 Å². The van der Waals surface area contributed by atoms with E-state index in [2.05, 4.69) is 34.7 Å². The minimum Gasteiger partial charge on any atom is -0.494 e. The zero-order valence-electron chi connectivity index (χ0n) is 30.2. The van der Waals surface area contributed by atoms with Crippen LogP contribution in [-0.2, 0) is 20.5 Å². The maximum Gasteiger partial charge on any atom is 0.275 e. The van der Waals surface area contributed by atoms with Crippen LogP contribution in [0.15, 0.2) is 59.3 Å². The van der Waals surface area contributed by atoms with Gasteiger partial charge in [0.2, 0.25) is 6.39 Å². The zero-order valence-corrected chi connectivity index (χ0v) is 31.7. The van der Waals surface area contributed by atoms with E-state index in [1.807, 2.05) is 91.5 Å². The van der Waals surface area contributed by atoms with Crippen LogP contribution in [0.5, 0.6) is 5.75 Å². The quantitative estimate of drug-likeness (QED) is 0.144. The molecular formula is C40H39Cl2N7O3. The molecular weight excluding hydrogens is 697 g/mol. The topological polar surface area (TPSA) is 96.1 Å². The maximum atomic E-state index is 15.1. The molecule has 0 N–H and O–H groups in total. The highest BCUT2D eigenvalue weighted by Crippen LogP contribution is 2.46. The molecule has 0 saturated carbocycles. The number of fused-ring (bicyclic) bond motifs is 4. The van der Waals surface area contributed by atoms with Gasteiger partial charge < -0.3 is 23.2 Å². The molecule has 0 bridgehead atoms. The molecule has 52 heavy (non-hydrogen) atoms. The first-order chi connectivity index (χ1) is 25.0. The van der Waals surface area contributed by atoms with Gasteiger partial charge in [-0.15, -0.1) is 10.2 Å². The van der Waals surface area contributed by atoms with E-state index in [9.17, 15) is 0 Å². The van der Waals surface area contributed by atoms with Crippen LogP contribution in [0, 0.1) is 27.7 Å². The molecule has 12 heteroatoms. The summed E-state index contributed by atoms with van der Waals surface area (Å²) in [7, 11) is 3.91. The largest absolute Gasteiger partial charge is 0.494 e. The SMILES string of the molecule is Cc1cc(OCCCc2c3n(c4c(-c5c(C)nn(C)c5C)c(Cl)ccc24)C(C)CN(c2cccc4cc(-c5nnco5)n(C)c24)C3=O)cc(C)c1Cl. The standard InChI is InChI=1S/C40H39Cl2N7O3/c1-21-16-27(17-22(2)35(21)42)51-15-9-11-28-29-13-14-30(41)34(33-24(4)45-47(7)25(33)5)37(29)49-23(3)19-48(40(50)38(28)49)31-12-8-10-26-18-32(46(6)36(26)31)39-44-43-20-52-39/h8,10,12-14,16-18,20,23H,9,11,15,19H2,1-7H3. The Bertz CT molecular complexity index is 2520. The smallest absolute Gasteiger partial charge is 0.275 e. The van der Waals surface area contributed by atoms with Crippen molar-refractivity contribution in [1.82, 2.24) is 29.1 Å². The molecule has 4 aromatic heterocycles. The van der Waals surface area contributed by atoms with Crippen molar-refractivity contribution in [2.75, 3.05) is 18.1 Å². The van der Waals surface area contributed by atoms with Crippen LogP contribution in [0.25, 0.3) is 44.5 Å². The molecule has 1 aliphatic heterocycles. The summed E-state index contributed by atoms with van der Waals surface area (Å²) in [5.41, 5.74) is 10.9. The fourth-order valence-electron chi connectivity index (χ4n) is 8.04. The highest BCUT2D eigenvalue weighted by molar-refractivity contribution is 6.35. The summed E-state index contributed by atoms with van der Waals surface area (Å²) in [5.74, 6) is 1.14. The number of hydrogen-bond acceptors (Lipinski definition) is 6. The van der Waals surface area contributed by atoms with E-state index >= 15 is 4.79 Å². The molecule has 10 nitrogen and oxygen atoms in total. The number of carbonyl (C=O) groups is 1. The highest BCUT2D eigenvalue weighted by atomic mass is 35.5. The molecule has 1 atom stereocenters. The maximum absolute atomic E-state index is 15.1. The summed E-state index contributed by atoms with van der Waals surface area (Å²) in [6, 6.07) is 15.9. The van der Waals surface area contributed by atoms with Gasteiger partial charge in [-0.25, -0.2) is 0 Å². The number of benzene rings is 3. The molecule has 1 unspecified atom stereocenters. The number of aryl methyl sites for hydroxylation is 6. The van der Waals surface area contributed by atoms with Gasteiger partial charge in [0.15, 0.2) is 0 Å². The van der Waals surface area contributed by atoms with Crippen molar-refractivity contribution < 1.29 is 13.9 Å². The van der Waals surface area contributed by atoms with Crippen LogP contribution in [0.2, 0.25) is 10.0 Å². The molecule has 7 aromatic rings. The normalized spacial score (nSPS) is 14.6. The molecule has 0 radical (unpaired) electrons. The molecule has 0 aliphatic carbocycles. The van der Waals surface area contributed by atoms with Gasteiger partial charge in [-0.3, -0.25) is 9.48 Å². The lowest BCUT2D eigenvalue weighted by Crippen LogP contribution is -2.43. The fraction of sp³-hybridized carbons (Fsp3) is 0.300. The fourth-order valence-corrected chi connectivity index (χ4v) is 8.40. The summed E-state index contributed by atoms with van der Waals surface area (Å²) in [6.45, 7) is 11.1. The Morgan fingerprint density at radius 3 is 2.44 bits per heavy atom. The predicted molar refractivity (Wildman–Crippen MR) is 206 cm³/mol. The molecule has 1 aliphatic rings. The first kappa shape index (κ1) is 34.0. The number of carbonyl (C=O) groups excluding carboxylic acids is 1. The molecule has 0 spiro atoms. The van der Waals surface area contributed by atoms with Crippen LogP contribution in [0.1, 0.15) is 58.0 Å². The number of ether oxygens (including phenoxy) is 1. The second-order valence-corrected chi connectivity index (χ2v) is 14.6. The van der Waals surface area contributed by atoms with Gasteiger partial charge in [0, 0.05) is 59.3 Å². The third-order valence-electron chi connectivity index (χ3n) is 10.5. The van der Waals surface area contributed by atoms with E-state index < -0.39 is 0 Å². The van der Waals surface area contributed by atoms with E-state index in [1.54, 1.807) is 0 Å². The molecule has 0 saturated heterocycles. The van der Waals surface area contributed by atoms with Crippen molar-refractivity contribution in [2.24, 2.45) is 14.1 Å². The molecule has 8 rings (SSSR count). The van der Waals surface area contributed by atoms with Gasteiger partial charge in [-0.1, -0.05) is 41.4 Å². The average Bonchev–Trinajstić information content (AvgIpc) is 3.89. The number of halogens is 2. The lowest BCUT2D eigenvalue weighted by atomic mass is 9.98. The number of aromatic nitrogens is 6. The monoisotopic (exact) mass is 735 g/mol. The number of para-hydroxylation sites is 1. The number of amides is 1. The van der Waals surface area contributed by atoms with E-state index in [-0.39, 0.29) is 11.9 Å². The van der Waals surface area contributed by atoms with Crippen LogP contribution in [0.4, 0.5) is 5.69 Å². The molecule has 5 heterocycles. The van der Waals surface area contributed by atoms with Gasteiger partial charge >= 0.3 is 0 Å². The van der Waals surface area contributed by atoms with Crippen LogP contribution in [-0.4, -0.2) is 48.2 Å². The predicted octanol–water partition coefficient (Wildman–Crippen LogP) is 9.36. The van der Waals surface area contributed by atoms with E-state index in [0.29, 0.717) is 42.6 Å². The molecule has 3 aromatic carbocycles. The van der Waals surface area contributed by atoms with Crippen LogP contribution < -0.4 is 9.64 Å². The first-order valence-corrected chi connectivity index (χ1v) is 18.1. The third kappa shape index (κ3) is 5.30. The Kier molecular flexibility index (Phi) is 8.42. The van der Waals surface area contributed by atoms with Crippen LogP contribution >= 0.6 is 23.2 Å². The number of nitrogens with zero attached hydrogens (tertiary/aromatic N) is 7. The third-order valence-corrected chi connectivity index (χ3v) is 11.4. The Balaban J connectivity index is 1.27. The summed E-state index contributed by atoms with van der Waals surface area (Å²) in [6.07, 6.45) is 2.64. The van der Waals surface area contributed by atoms with Crippen molar-refractivity contribution in [1.29, 1.82) is 0 Å². The van der Waals surface area contributed by atoms with Crippen molar-refractivity contribution in [2.45, 2.75) is 53.5 Å². The van der Waals surface area contributed by atoms with Crippen molar-refractivity contribution in [3.05, 3.63) is 98.7 Å². The van der Waals surface area contributed by atoms with Gasteiger partial charge in [0.1, 0.15) is 17.1 Å². The Morgan fingerprint density at radius 1 is 0.981 bits per heavy atom. The minimum atomic E-state index is -0.0827. The Labute approximate surface area is 311 Å². The van der Waals surface area contributed by atoms with E-state index in [4.69, 9.17) is 37.5 Å². The average molecular weight is 737 g/mol. The summed E-state index contributed by atoms with van der Waals surface area (Å²) in [5, 5.41) is 16.1. The van der Waals surface area contributed by atoms with Gasteiger partial charge in [-0.2, -0.15) is 5.10 Å². The lowest BCUT2D eigenvalue weighted by molar-refractivity contribution is 0.0957. The van der Waals surface area contributed by atoms with Gasteiger partial charge in [-0.05, 0) is 94.5 Å². The Morgan fingerprint density at radius 2 is 1.75 bits per heavy atom. The second kappa shape index (κ2) is 12.9. The lowest BCUT2D eigenvalue weighted by Gasteiger charge is -2.35. The summed E-state index contributed by atoms with van der Waals surface area (Å²) in [4.78, 5) is 17.1. The zero-order chi connectivity index (χ0) is 36.6. The highest BCUT2D eigenvalue weighted by Gasteiger charge is 2.37. The first-order valence-electron chi connectivity index (χ1n) is 17.4. The summed E-state index contributed by atoms with van der Waals surface area (Å²) >= 11 is 13.5. The van der Waals surface area contributed by atoms with Crippen molar-refractivity contribution >= 4 is 56.6 Å². The molecule has 0 fully saturated rings. The van der Waals surface area contributed by atoms with Crippen LogP contribution in [0.3, 0.4) is 0 Å². The number of anilines is 1. The van der Waals surface area contributed by atoms with Crippen molar-refractivity contribution in [3.63, 3.8) is 0 Å². The number of rotatable bonds is 8. The minimum absolute atomic E-state index is 0.0658. The molecule has 1 amide bonds. The van der Waals surface area contributed by atoms with E-state index in [0.717, 1.165) is 83.2 Å². The van der Waals surface area contributed by atoms with E-state index in [1.165, 1.54) is 6.39 Å². The van der Waals surface area contributed by atoms with Crippen molar-refractivity contribution in [3.8, 4) is 28.5 Å². The Hall–Kier alpha value is -5.06. The number of hydrogen-bond donors (Lipinski definition) is 0. The second-order valence-electron chi connectivity index (χ2n) is 13.8.